The van der Waals surface area contributed by atoms with E-state index < -0.39 is 11.6 Å². The second-order valence-electron chi connectivity index (χ2n) is 5.85. The maximum absolute atomic E-state index is 13.2. The van der Waals surface area contributed by atoms with Gasteiger partial charge in [0.05, 0.1) is 0 Å². The van der Waals surface area contributed by atoms with Crippen molar-refractivity contribution in [1.82, 2.24) is 15.5 Å². The van der Waals surface area contributed by atoms with Crippen LogP contribution in [0.3, 0.4) is 0 Å². The second kappa shape index (κ2) is 8.61. The van der Waals surface area contributed by atoms with E-state index in [1.54, 1.807) is 7.05 Å². The van der Waals surface area contributed by atoms with Gasteiger partial charge in [0.1, 0.15) is 11.6 Å². The van der Waals surface area contributed by atoms with E-state index in [-0.39, 0.29) is 11.9 Å². The molecule has 1 aliphatic heterocycles. The Hall–Kier alpha value is -2.18. The van der Waals surface area contributed by atoms with Crippen LogP contribution in [0.4, 0.5) is 8.78 Å². The minimum atomic E-state index is -0.570. The first kappa shape index (κ1) is 18.2. The number of hydrogen-bond donors (Lipinski definition) is 2. The monoisotopic (exact) mass is 338 g/mol. The van der Waals surface area contributed by atoms with E-state index in [0.717, 1.165) is 19.0 Å². The van der Waals surface area contributed by atoms with Crippen LogP contribution in [0.5, 0.6) is 0 Å². The predicted molar refractivity (Wildman–Crippen MR) is 89.8 cm³/mol. The average molecular weight is 338 g/mol. The van der Waals surface area contributed by atoms with Gasteiger partial charge in [0.25, 0.3) is 0 Å². The van der Waals surface area contributed by atoms with E-state index in [1.807, 2.05) is 11.8 Å². The van der Waals surface area contributed by atoms with Gasteiger partial charge >= 0.3 is 0 Å². The number of carbonyl (C=O) groups excluding carboxylic acids is 1. The maximum atomic E-state index is 13.2. The summed E-state index contributed by atoms with van der Waals surface area (Å²) in [6, 6.07) is 3.68. The van der Waals surface area contributed by atoms with Gasteiger partial charge in [0.15, 0.2) is 5.96 Å². The molecule has 1 aliphatic rings. The lowest BCUT2D eigenvalue weighted by Gasteiger charge is -2.18. The molecule has 0 radical (unpaired) electrons. The van der Waals surface area contributed by atoms with Crippen LogP contribution < -0.4 is 10.6 Å². The van der Waals surface area contributed by atoms with E-state index in [0.29, 0.717) is 37.5 Å². The fourth-order valence-electron chi connectivity index (χ4n) is 2.80. The van der Waals surface area contributed by atoms with Crippen molar-refractivity contribution in [3.8, 4) is 0 Å². The molecule has 24 heavy (non-hydrogen) atoms. The number of hydrogen-bond acceptors (Lipinski definition) is 2. The maximum Gasteiger partial charge on any atom is 0.222 e. The molecule has 5 nitrogen and oxygen atoms in total. The molecule has 0 saturated carbocycles. The van der Waals surface area contributed by atoms with Crippen molar-refractivity contribution in [2.24, 2.45) is 4.99 Å². The minimum absolute atomic E-state index is 0.162. The van der Waals surface area contributed by atoms with Gasteiger partial charge in [-0.3, -0.25) is 9.79 Å². The fraction of sp³-hybridized carbons (Fsp3) is 0.529. The molecule has 1 unspecified atom stereocenters. The third-order valence-corrected chi connectivity index (χ3v) is 4.04. The number of aliphatic imine (C=N–C) groups is 1. The lowest BCUT2D eigenvalue weighted by molar-refractivity contribution is -0.129. The molecular formula is C17H24F2N4O. The van der Waals surface area contributed by atoms with Gasteiger partial charge in [-0.1, -0.05) is 6.92 Å². The number of amides is 1. The Kier molecular flexibility index (Phi) is 6.52. The lowest BCUT2D eigenvalue weighted by atomic mass is 10.1. The van der Waals surface area contributed by atoms with E-state index >= 15 is 0 Å². The molecule has 1 amide bonds. The Balaban J connectivity index is 1.78. The number of likely N-dealkylation sites (tertiary alicyclic amines) is 1. The summed E-state index contributed by atoms with van der Waals surface area (Å²) in [5, 5.41) is 6.41. The van der Waals surface area contributed by atoms with Crippen molar-refractivity contribution < 1.29 is 13.6 Å². The summed E-state index contributed by atoms with van der Waals surface area (Å²) in [6.07, 6.45) is 1.88. The Morgan fingerprint density at radius 3 is 2.67 bits per heavy atom. The molecule has 2 N–H and O–H groups in total. The van der Waals surface area contributed by atoms with Gasteiger partial charge in [-0.25, -0.2) is 8.78 Å². The van der Waals surface area contributed by atoms with Gasteiger partial charge in [-0.15, -0.1) is 0 Å². The summed E-state index contributed by atoms with van der Waals surface area (Å²) in [4.78, 5) is 17.7. The normalized spacial score (nSPS) is 17.9. The van der Waals surface area contributed by atoms with Gasteiger partial charge in [-0.05, 0) is 30.5 Å². The molecule has 0 bridgehead atoms. The first-order valence-electron chi connectivity index (χ1n) is 8.21. The molecule has 2 rings (SSSR count). The van der Waals surface area contributed by atoms with Gasteiger partial charge < -0.3 is 15.5 Å². The number of benzene rings is 1. The van der Waals surface area contributed by atoms with Crippen molar-refractivity contribution in [2.75, 3.05) is 26.7 Å². The van der Waals surface area contributed by atoms with Crippen molar-refractivity contribution >= 4 is 11.9 Å². The standard InChI is InChI=1S/C17H24F2N4O/c1-3-16(24)23-7-5-15(11-23)22-17(20-2)21-6-4-12-8-13(18)10-14(19)9-12/h8-10,15H,3-7,11H2,1-2H3,(H2,20,21,22). The van der Waals surface area contributed by atoms with Crippen molar-refractivity contribution in [1.29, 1.82) is 0 Å². The van der Waals surface area contributed by atoms with E-state index in [4.69, 9.17) is 0 Å². The number of carbonyl (C=O) groups is 1. The molecule has 1 aromatic rings. The topological polar surface area (TPSA) is 56.7 Å². The quantitative estimate of drug-likeness (QED) is 0.634. The molecule has 0 spiro atoms. The molecule has 0 aromatic heterocycles. The largest absolute Gasteiger partial charge is 0.356 e. The highest BCUT2D eigenvalue weighted by Crippen LogP contribution is 2.10. The molecule has 1 saturated heterocycles. The number of guanidine groups is 1. The van der Waals surface area contributed by atoms with E-state index in [2.05, 4.69) is 15.6 Å². The van der Waals surface area contributed by atoms with Crippen LogP contribution in [0, 0.1) is 11.6 Å². The van der Waals surface area contributed by atoms with Crippen LogP contribution in [0.1, 0.15) is 25.3 Å². The van der Waals surface area contributed by atoms with E-state index in [9.17, 15) is 13.6 Å². The highest BCUT2D eigenvalue weighted by atomic mass is 19.1. The minimum Gasteiger partial charge on any atom is -0.356 e. The van der Waals surface area contributed by atoms with Crippen LogP contribution >= 0.6 is 0 Å². The van der Waals surface area contributed by atoms with Crippen LogP contribution in [0.15, 0.2) is 23.2 Å². The average Bonchev–Trinajstić information content (AvgIpc) is 3.00. The van der Waals surface area contributed by atoms with Gasteiger partial charge in [0.2, 0.25) is 5.91 Å². The highest BCUT2D eigenvalue weighted by Gasteiger charge is 2.25. The van der Waals surface area contributed by atoms with Gasteiger partial charge in [0, 0.05) is 45.2 Å². The van der Waals surface area contributed by atoms with Crippen LogP contribution in [0.2, 0.25) is 0 Å². The Bertz CT molecular complexity index is 586. The second-order valence-corrected chi connectivity index (χ2v) is 5.85. The number of rotatable bonds is 5. The van der Waals surface area contributed by atoms with E-state index in [1.165, 1.54) is 12.1 Å². The summed E-state index contributed by atoms with van der Waals surface area (Å²) in [7, 11) is 1.67. The zero-order chi connectivity index (χ0) is 17.5. The van der Waals surface area contributed by atoms with Crippen molar-refractivity contribution in [3.63, 3.8) is 0 Å². The molecular weight excluding hydrogens is 314 g/mol. The summed E-state index contributed by atoms with van der Waals surface area (Å²) in [5.74, 6) is -0.351. The van der Waals surface area contributed by atoms with Crippen molar-refractivity contribution in [3.05, 3.63) is 35.4 Å². The summed E-state index contributed by atoms with van der Waals surface area (Å²) < 4.78 is 26.3. The van der Waals surface area contributed by atoms with Gasteiger partial charge in [-0.2, -0.15) is 0 Å². The molecule has 1 heterocycles. The summed E-state index contributed by atoms with van der Waals surface area (Å²) in [6.45, 7) is 3.79. The number of halogens is 2. The van der Waals surface area contributed by atoms with Crippen LogP contribution in [-0.4, -0.2) is 49.5 Å². The van der Waals surface area contributed by atoms with Crippen molar-refractivity contribution in [2.45, 2.75) is 32.2 Å². The third kappa shape index (κ3) is 5.18. The number of nitrogens with zero attached hydrogens (tertiary/aromatic N) is 2. The third-order valence-electron chi connectivity index (χ3n) is 4.04. The summed E-state index contributed by atoms with van der Waals surface area (Å²) >= 11 is 0. The molecule has 1 atom stereocenters. The summed E-state index contributed by atoms with van der Waals surface area (Å²) in [5.41, 5.74) is 0.594. The smallest absolute Gasteiger partial charge is 0.222 e. The Labute approximate surface area is 141 Å². The fourth-order valence-corrected chi connectivity index (χ4v) is 2.80. The predicted octanol–water partition coefficient (Wildman–Crippen LogP) is 1.68. The lowest BCUT2D eigenvalue weighted by Crippen LogP contribution is -2.45. The Morgan fingerprint density at radius 2 is 2.04 bits per heavy atom. The Morgan fingerprint density at radius 1 is 1.33 bits per heavy atom. The zero-order valence-corrected chi connectivity index (χ0v) is 14.1. The highest BCUT2D eigenvalue weighted by molar-refractivity contribution is 5.80. The molecule has 132 valence electrons. The first-order valence-corrected chi connectivity index (χ1v) is 8.21. The molecule has 1 aromatic carbocycles. The molecule has 7 heteroatoms. The van der Waals surface area contributed by atoms with Crippen LogP contribution in [-0.2, 0) is 11.2 Å². The molecule has 0 aliphatic carbocycles. The van der Waals surface area contributed by atoms with Crippen LogP contribution in [0.25, 0.3) is 0 Å². The first-order chi connectivity index (χ1) is 11.5. The number of nitrogens with one attached hydrogen (secondary N) is 2. The molecule has 1 fully saturated rings. The SMILES string of the molecule is CCC(=O)N1CCC(NC(=NC)NCCc2cc(F)cc(F)c2)C1. The zero-order valence-electron chi connectivity index (χ0n) is 14.1.